The fourth-order valence-electron chi connectivity index (χ4n) is 2.35. The molecule has 0 saturated heterocycles. The maximum Gasteiger partial charge on any atom is 0.406 e. The predicted molar refractivity (Wildman–Crippen MR) is 95.6 cm³/mol. The van der Waals surface area contributed by atoms with E-state index < -0.39 is 6.09 Å². The lowest BCUT2D eigenvalue weighted by Crippen LogP contribution is -2.21. The number of halogens is 1. The standard InChI is InChI=1S/C19H22ClNO3/c1-14-12-17(9-8-16(14)13-20)24-18(10-11-23-19(22)21-2)15-6-4-3-5-7-15/h3-9,12,18H,10-11,13H2,1-2H3,(H,21,22). The van der Waals surface area contributed by atoms with Gasteiger partial charge in [0.2, 0.25) is 0 Å². The molecule has 1 N–H and O–H groups in total. The van der Waals surface area contributed by atoms with Gasteiger partial charge in [-0.05, 0) is 35.7 Å². The van der Waals surface area contributed by atoms with Crippen LogP contribution in [-0.2, 0) is 10.6 Å². The van der Waals surface area contributed by atoms with Gasteiger partial charge < -0.3 is 14.8 Å². The molecule has 2 aromatic rings. The van der Waals surface area contributed by atoms with E-state index in [4.69, 9.17) is 21.1 Å². The summed E-state index contributed by atoms with van der Waals surface area (Å²) >= 11 is 5.90. The minimum Gasteiger partial charge on any atom is -0.486 e. The van der Waals surface area contributed by atoms with Crippen molar-refractivity contribution >= 4 is 17.7 Å². The molecule has 0 bridgehead atoms. The van der Waals surface area contributed by atoms with E-state index in [1.165, 1.54) is 7.05 Å². The summed E-state index contributed by atoms with van der Waals surface area (Å²) in [5.41, 5.74) is 3.22. The summed E-state index contributed by atoms with van der Waals surface area (Å²) in [6.45, 7) is 2.29. The summed E-state index contributed by atoms with van der Waals surface area (Å²) in [6, 6.07) is 15.8. The number of amides is 1. The van der Waals surface area contributed by atoms with Gasteiger partial charge in [-0.2, -0.15) is 0 Å². The van der Waals surface area contributed by atoms with E-state index in [1.54, 1.807) is 0 Å². The van der Waals surface area contributed by atoms with Crippen LogP contribution in [0.1, 0.15) is 29.2 Å². The Morgan fingerprint density at radius 2 is 1.96 bits per heavy atom. The molecule has 4 nitrogen and oxygen atoms in total. The zero-order valence-corrected chi connectivity index (χ0v) is 14.7. The third-order valence-electron chi connectivity index (χ3n) is 3.73. The van der Waals surface area contributed by atoms with Gasteiger partial charge in [0, 0.05) is 19.3 Å². The number of carbonyl (C=O) groups excluding carboxylic acids is 1. The second-order valence-corrected chi connectivity index (χ2v) is 5.68. The van der Waals surface area contributed by atoms with Crippen LogP contribution in [0.4, 0.5) is 4.79 Å². The fraction of sp³-hybridized carbons (Fsp3) is 0.316. The highest BCUT2D eigenvalue weighted by Gasteiger charge is 2.15. The number of aryl methyl sites for hydroxylation is 1. The van der Waals surface area contributed by atoms with Crippen LogP contribution in [0.5, 0.6) is 5.75 Å². The lowest BCUT2D eigenvalue weighted by molar-refractivity contribution is 0.117. The van der Waals surface area contributed by atoms with Crippen molar-refractivity contribution in [3.63, 3.8) is 0 Å². The lowest BCUT2D eigenvalue weighted by Gasteiger charge is -2.20. The molecule has 2 aromatic carbocycles. The Morgan fingerprint density at radius 1 is 1.21 bits per heavy atom. The first-order chi connectivity index (χ1) is 11.6. The maximum absolute atomic E-state index is 11.2. The summed E-state index contributed by atoms with van der Waals surface area (Å²) in [6.07, 6.45) is -0.0745. The average molecular weight is 348 g/mol. The molecule has 0 spiro atoms. The van der Waals surface area contributed by atoms with E-state index in [-0.39, 0.29) is 12.7 Å². The quantitative estimate of drug-likeness (QED) is 0.744. The minimum absolute atomic E-state index is 0.197. The number of alkyl halides is 1. The third-order valence-corrected chi connectivity index (χ3v) is 4.01. The molecule has 0 aromatic heterocycles. The van der Waals surface area contributed by atoms with Gasteiger partial charge in [0.15, 0.2) is 0 Å². The molecule has 1 atom stereocenters. The number of benzene rings is 2. The number of carbonyl (C=O) groups is 1. The third kappa shape index (κ3) is 5.17. The highest BCUT2D eigenvalue weighted by atomic mass is 35.5. The molecule has 24 heavy (non-hydrogen) atoms. The Hall–Kier alpha value is -2.20. The van der Waals surface area contributed by atoms with Gasteiger partial charge in [0.05, 0.1) is 6.61 Å². The number of hydrogen-bond donors (Lipinski definition) is 1. The van der Waals surface area contributed by atoms with Crippen LogP contribution in [0.25, 0.3) is 0 Å². The summed E-state index contributed by atoms with van der Waals surface area (Å²) in [5, 5.41) is 2.43. The first-order valence-corrected chi connectivity index (χ1v) is 8.39. The number of nitrogens with one attached hydrogen (secondary N) is 1. The molecule has 1 unspecified atom stereocenters. The van der Waals surface area contributed by atoms with Crippen molar-refractivity contribution in [2.24, 2.45) is 0 Å². The van der Waals surface area contributed by atoms with Gasteiger partial charge in [-0.15, -0.1) is 11.6 Å². The van der Waals surface area contributed by atoms with Gasteiger partial charge in [-0.3, -0.25) is 0 Å². The molecule has 0 aliphatic carbocycles. The maximum atomic E-state index is 11.2. The van der Waals surface area contributed by atoms with Crippen LogP contribution in [-0.4, -0.2) is 19.7 Å². The Bertz CT molecular complexity index is 661. The van der Waals surface area contributed by atoms with E-state index in [9.17, 15) is 4.79 Å². The Kier molecular flexibility index (Phi) is 6.94. The van der Waals surface area contributed by atoms with Crippen LogP contribution in [0.2, 0.25) is 0 Å². The summed E-state index contributed by atoms with van der Waals surface area (Å²) in [5.74, 6) is 1.25. The normalized spacial score (nSPS) is 11.6. The van der Waals surface area contributed by atoms with Crippen molar-refractivity contribution in [1.29, 1.82) is 0 Å². The fourth-order valence-corrected chi connectivity index (χ4v) is 2.65. The molecule has 0 radical (unpaired) electrons. The topological polar surface area (TPSA) is 47.6 Å². The molecule has 0 aliphatic heterocycles. The monoisotopic (exact) mass is 347 g/mol. The molecule has 0 aliphatic rings. The highest BCUT2D eigenvalue weighted by Crippen LogP contribution is 2.27. The van der Waals surface area contributed by atoms with Crippen LogP contribution in [0.15, 0.2) is 48.5 Å². The van der Waals surface area contributed by atoms with Crippen molar-refractivity contribution in [3.8, 4) is 5.75 Å². The van der Waals surface area contributed by atoms with Crippen molar-refractivity contribution in [1.82, 2.24) is 5.32 Å². The van der Waals surface area contributed by atoms with E-state index in [0.717, 1.165) is 22.4 Å². The van der Waals surface area contributed by atoms with Crippen LogP contribution in [0.3, 0.4) is 0 Å². The molecule has 0 saturated carbocycles. The minimum atomic E-state index is -0.441. The Morgan fingerprint density at radius 3 is 2.58 bits per heavy atom. The van der Waals surface area contributed by atoms with E-state index in [2.05, 4.69) is 5.32 Å². The van der Waals surface area contributed by atoms with E-state index >= 15 is 0 Å². The zero-order valence-electron chi connectivity index (χ0n) is 13.9. The first-order valence-electron chi connectivity index (χ1n) is 7.85. The highest BCUT2D eigenvalue weighted by molar-refractivity contribution is 6.17. The SMILES string of the molecule is CNC(=O)OCCC(Oc1ccc(CCl)c(C)c1)c1ccccc1. The van der Waals surface area contributed by atoms with E-state index in [1.807, 2.05) is 55.5 Å². The molecular formula is C19H22ClNO3. The summed E-state index contributed by atoms with van der Waals surface area (Å²) in [7, 11) is 1.54. The van der Waals surface area contributed by atoms with Gasteiger partial charge >= 0.3 is 6.09 Å². The molecule has 5 heteroatoms. The zero-order chi connectivity index (χ0) is 17.4. The second-order valence-electron chi connectivity index (χ2n) is 5.41. The van der Waals surface area contributed by atoms with E-state index in [0.29, 0.717) is 12.3 Å². The number of rotatable bonds is 7. The molecule has 1 amide bonds. The van der Waals surface area contributed by atoms with Crippen molar-refractivity contribution in [3.05, 3.63) is 65.2 Å². The number of hydrogen-bond acceptors (Lipinski definition) is 3. The number of alkyl carbamates (subject to hydrolysis) is 1. The molecule has 0 heterocycles. The summed E-state index contributed by atoms with van der Waals surface area (Å²) in [4.78, 5) is 11.2. The van der Waals surface area contributed by atoms with Crippen molar-refractivity contribution < 1.29 is 14.3 Å². The van der Waals surface area contributed by atoms with Gasteiger partial charge in [0.25, 0.3) is 0 Å². The predicted octanol–water partition coefficient (Wildman–Crippen LogP) is 4.60. The van der Waals surface area contributed by atoms with Gasteiger partial charge in [-0.25, -0.2) is 4.79 Å². The second kappa shape index (κ2) is 9.18. The Balaban J connectivity index is 2.10. The first kappa shape index (κ1) is 18.1. The van der Waals surface area contributed by atoms with Crippen molar-refractivity contribution in [2.45, 2.75) is 25.3 Å². The summed E-state index contributed by atoms with van der Waals surface area (Å²) < 4.78 is 11.2. The molecule has 2 rings (SSSR count). The van der Waals surface area contributed by atoms with Crippen LogP contribution in [0, 0.1) is 6.92 Å². The number of ether oxygens (including phenoxy) is 2. The lowest BCUT2D eigenvalue weighted by atomic mass is 10.1. The van der Waals surface area contributed by atoms with Crippen LogP contribution < -0.4 is 10.1 Å². The average Bonchev–Trinajstić information content (AvgIpc) is 2.61. The van der Waals surface area contributed by atoms with Crippen LogP contribution >= 0.6 is 11.6 Å². The molecule has 0 fully saturated rings. The smallest absolute Gasteiger partial charge is 0.406 e. The van der Waals surface area contributed by atoms with Crippen molar-refractivity contribution in [2.75, 3.05) is 13.7 Å². The Labute approximate surface area is 147 Å². The molecule has 128 valence electrons. The largest absolute Gasteiger partial charge is 0.486 e. The van der Waals surface area contributed by atoms with Gasteiger partial charge in [0.1, 0.15) is 11.9 Å². The molecular weight excluding hydrogens is 326 g/mol. The van der Waals surface area contributed by atoms with Gasteiger partial charge in [-0.1, -0.05) is 36.4 Å².